The van der Waals surface area contributed by atoms with Crippen LogP contribution in [0.4, 0.5) is 0 Å². The Kier molecular flexibility index (Phi) is 7.35. The fraction of sp³-hybridized carbons (Fsp3) is 0.480. The number of hydrogen-bond donors (Lipinski definition) is 2. The number of nitrogens with zero attached hydrogens (tertiary/aromatic N) is 2. The SMILES string of the molecule is CN1CCc2c(cccc2OC(C=O)CNCC(O)CN2CCc3ccccc3C2)C1. The van der Waals surface area contributed by atoms with E-state index in [2.05, 4.69) is 52.5 Å². The predicted octanol–water partition coefficient (Wildman–Crippen LogP) is 1.63. The van der Waals surface area contributed by atoms with Gasteiger partial charge in [-0.1, -0.05) is 36.4 Å². The zero-order valence-electron chi connectivity index (χ0n) is 18.3. The number of aldehydes is 1. The number of aliphatic hydroxyl groups is 1. The molecule has 0 bridgehead atoms. The minimum Gasteiger partial charge on any atom is -0.481 e. The number of ether oxygens (including phenoxy) is 1. The van der Waals surface area contributed by atoms with Crippen LogP contribution in [0, 0.1) is 0 Å². The highest BCUT2D eigenvalue weighted by Crippen LogP contribution is 2.28. The Bertz CT molecular complexity index is 888. The van der Waals surface area contributed by atoms with Crippen molar-refractivity contribution < 1.29 is 14.6 Å². The number of fused-ring (bicyclic) bond motifs is 2. The van der Waals surface area contributed by atoms with Gasteiger partial charge in [0.1, 0.15) is 5.75 Å². The van der Waals surface area contributed by atoms with E-state index in [0.717, 1.165) is 51.1 Å². The number of nitrogens with one attached hydrogen (secondary N) is 1. The molecular formula is C25H33N3O3. The van der Waals surface area contributed by atoms with Crippen LogP contribution in [0.1, 0.15) is 22.3 Å². The zero-order chi connectivity index (χ0) is 21.6. The Morgan fingerprint density at radius 2 is 1.84 bits per heavy atom. The molecule has 2 N–H and O–H groups in total. The van der Waals surface area contributed by atoms with E-state index in [1.807, 2.05) is 12.1 Å². The average Bonchev–Trinajstić information content (AvgIpc) is 2.78. The van der Waals surface area contributed by atoms with Crippen molar-refractivity contribution in [3.63, 3.8) is 0 Å². The van der Waals surface area contributed by atoms with E-state index in [1.165, 1.54) is 22.3 Å². The largest absolute Gasteiger partial charge is 0.481 e. The predicted molar refractivity (Wildman–Crippen MR) is 121 cm³/mol. The Labute approximate surface area is 184 Å². The summed E-state index contributed by atoms with van der Waals surface area (Å²) in [6.07, 6.45) is 1.74. The molecule has 31 heavy (non-hydrogen) atoms. The third-order valence-corrected chi connectivity index (χ3v) is 6.25. The maximum absolute atomic E-state index is 11.6. The summed E-state index contributed by atoms with van der Waals surface area (Å²) in [6.45, 7) is 5.17. The zero-order valence-corrected chi connectivity index (χ0v) is 18.3. The van der Waals surface area contributed by atoms with Crippen LogP contribution in [0.5, 0.6) is 5.75 Å². The highest BCUT2D eigenvalue weighted by molar-refractivity contribution is 5.58. The van der Waals surface area contributed by atoms with Crippen LogP contribution in [-0.4, -0.2) is 73.2 Å². The number of likely N-dealkylation sites (N-methyl/N-ethyl adjacent to an activating group) is 1. The number of carbonyl (C=O) groups excluding carboxylic acids is 1. The van der Waals surface area contributed by atoms with Gasteiger partial charge in [-0.3, -0.25) is 9.69 Å². The third-order valence-electron chi connectivity index (χ3n) is 6.25. The Morgan fingerprint density at radius 1 is 1.03 bits per heavy atom. The van der Waals surface area contributed by atoms with Gasteiger partial charge in [-0.05, 0) is 48.2 Å². The van der Waals surface area contributed by atoms with Crippen LogP contribution in [0.25, 0.3) is 0 Å². The van der Waals surface area contributed by atoms with E-state index in [9.17, 15) is 9.90 Å². The standard InChI is InChI=1S/C25H33N3O3/c1-27-11-10-24-21(15-27)7-4-8-25(24)31-23(18-29)14-26-13-22(30)17-28-12-9-19-5-2-3-6-20(19)16-28/h2-8,18,22-23,26,30H,9-17H2,1H3. The second-order valence-electron chi connectivity index (χ2n) is 8.74. The summed E-state index contributed by atoms with van der Waals surface area (Å²) < 4.78 is 6.03. The van der Waals surface area contributed by atoms with E-state index in [1.54, 1.807) is 0 Å². The van der Waals surface area contributed by atoms with Gasteiger partial charge >= 0.3 is 0 Å². The number of benzene rings is 2. The first kappa shape index (κ1) is 22.0. The molecule has 0 aromatic heterocycles. The molecule has 6 heteroatoms. The molecule has 2 atom stereocenters. The lowest BCUT2D eigenvalue weighted by Gasteiger charge is -2.30. The lowest BCUT2D eigenvalue weighted by atomic mass is 9.99. The summed E-state index contributed by atoms with van der Waals surface area (Å²) >= 11 is 0. The van der Waals surface area contributed by atoms with Gasteiger partial charge in [-0.2, -0.15) is 0 Å². The molecule has 0 saturated carbocycles. The lowest BCUT2D eigenvalue weighted by molar-refractivity contribution is -0.113. The molecule has 0 spiro atoms. The van der Waals surface area contributed by atoms with E-state index in [0.29, 0.717) is 19.6 Å². The molecule has 0 fully saturated rings. The van der Waals surface area contributed by atoms with Gasteiger partial charge in [-0.15, -0.1) is 0 Å². The van der Waals surface area contributed by atoms with Gasteiger partial charge in [0.2, 0.25) is 0 Å². The van der Waals surface area contributed by atoms with Crippen molar-refractivity contribution in [2.45, 2.75) is 38.1 Å². The Hall–Kier alpha value is -2.25. The van der Waals surface area contributed by atoms with Crippen LogP contribution < -0.4 is 10.1 Å². The molecule has 2 heterocycles. The molecule has 2 aromatic rings. The second-order valence-corrected chi connectivity index (χ2v) is 8.74. The monoisotopic (exact) mass is 423 g/mol. The van der Waals surface area contributed by atoms with E-state index < -0.39 is 12.2 Å². The lowest BCUT2D eigenvalue weighted by Crippen LogP contribution is -2.43. The molecule has 166 valence electrons. The van der Waals surface area contributed by atoms with Gasteiger partial charge in [0.05, 0.1) is 6.10 Å². The first-order valence-electron chi connectivity index (χ1n) is 11.2. The molecule has 2 aliphatic heterocycles. The molecule has 6 nitrogen and oxygen atoms in total. The molecule has 0 saturated heterocycles. The summed E-state index contributed by atoms with van der Waals surface area (Å²) in [5, 5.41) is 13.7. The second kappa shape index (κ2) is 10.4. The fourth-order valence-electron chi connectivity index (χ4n) is 4.57. The van der Waals surface area contributed by atoms with Crippen molar-refractivity contribution in [1.29, 1.82) is 0 Å². The summed E-state index contributed by atoms with van der Waals surface area (Å²) in [6, 6.07) is 14.6. The quantitative estimate of drug-likeness (QED) is 0.598. The molecule has 2 aromatic carbocycles. The first-order valence-corrected chi connectivity index (χ1v) is 11.2. The molecular weight excluding hydrogens is 390 g/mol. The molecule has 4 rings (SSSR count). The number of carbonyl (C=O) groups is 1. The van der Waals surface area contributed by atoms with Crippen molar-refractivity contribution in [3.8, 4) is 5.75 Å². The van der Waals surface area contributed by atoms with Crippen LogP contribution >= 0.6 is 0 Å². The molecule has 2 unspecified atom stereocenters. The summed E-state index contributed by atoms with van der Waals surface area (Å²) in [4.78, 5) is 16.2. The number of hydrogen-bond acceptors (Lipinski definition) is 6. The van der Waals surface area contributed by atoms with Gasteiger partial charge in [0.15, 0.2) is 12.4 Å². The van der Waals surface area contributed by atoms with Crippen molar-refractivity contribution in [2.24, 2.45) is 0 Å². The number of aliphatic hydroxyl groups excluding tert-OH is 1. The average molecular weight is 424 g/mol. The maximum Gasteiger partial charge on any atom is 0.166 e. The third kappa shape index (κ3) is 5.71. The highest BCUT2D eigenvalue weighted by Gasteiger charge is 2.21. The van der Waals surface area contributed by atoms with Gasteiger partial charge < -0.3 is 20.1 Å². The topological polar surface area (TPSA) is 65.0 Å². The Balaban J connectivity index is 1.23. The molecule has 0 amide bonds. The molecule has 0 aliphatic carbocycles. The van der Waals surface area contributed by atoms with E-state index in [-0.39, 0.29) is 0 Å². The Morgan fingerprint density at radius 3 is 2.68 bits per heavy atom. The smallest absolute Gasteiger partial charge is 0.166 e. The normalized spacial score (nSPS) is 18.6. The molecule has 0 radical (unpaired) electrons. The summed E-state index contributed by atoms with van der Waals surface area (Å²) in [5.41, 5.74) is 5.23. The minimum atomic E-state index is -0.569. The van der Waals surface area contributed by atoms with Crippen LogP contribution in [0.2, 0.25) is 0 Å². The summed E-state index contributed by atoms with van der Waals surface area (Å²) in [5.74, 6) is 0.803. The van der Waals surface area contributed by atoms with Crippen molar-refractivity contribution in [3.05, 3.63) is 64.7 Å². The van der Waals surface area contributed by atoms with Crippen molar-refractivity contribution in [2.75, 3.05) is 39.8 Å². The van der Waals surface area contributed by atoms with Gasteiger partial charge in [-0.25, -0.2) is 0 Å². The fourth-order valence-corrected chi connectivity index (χ4v) is 4.57. The minimum absolute atomic E-state index is 0.382. The van der Waals surface area contributed by atoms with Crippen molar-refractivity contribution in [1.82, 2.24) is 15.1 Å². The van der Waals surface area contributed by atoms with Crippen molar-refractivity contribution >= 4 is 6.29 Å². The number of β-amino-alcohol motifs (C(OH)–C–C–N with tert-alkyl or cyclic N) is 1. The maximum atomic E-state index is 11.6. The van der Waals surface area contributed by atoms with Crippen LogP contribution in [0.3, 0.4) is 0 Å². The number of rotatable bonds is 9. The van der Waals surface area contributed by atoms with E-state index >= 15 is 0 Å². The van der Waals surface area contributed by atoms with Gasteiger partial charge in [0.25, 0.3) is 0 Å². The van der Waals surface area contributed by atoms with Crippen LogP contribution in [0.15, 0.2) is 42.5 Å². The van der Waals surface area contributed by atoms with Gasteiger partial charge in [0, 0.05) is 45.8 Å². The highest BCUT2D eigenvalue weighted by atomic mass is 16.5. The first-order chi connectivity index (χ1) is 15.1. The van der Waals surface area contributed by atoms with E-state index in [4.69, 9.17) is 4.74 Å². The summed E-state index contributed by atoms with van der Waals surface area (Å²) in [7, 11) is 2.11. The van der Waals surface area contributed by atoms with Crippen LogP contribution in [-0.2, 0) is 30.7 Å². The molecule has 2 aliphatic rings.